The summed E-state index contributed by atoms with van der Waals surface area (Å²) in [5.41, 5.74) is -14.1. The van der Waals surface area contributed by atoms with Crippen molar-refractivity contribution in [3.63, 3.8) is 0 Å². The molecular formula is C41H40F5N3O3S. The lowest BCUT2D eigenvalue weighted by atomic mass is 10.00. The molecule has 1 aliphatic heterocycles. The second-order valence-corrected chi connectivity index (χ2v) is 12.2. The Hall–Kier alpha value is -4.52. The van der Waals surface area contributed by atoms with Gasteiger partial charge in [0.25, 0.3) is 0 Å². The Morgan fingerprint density at radius 2 is 1.66 bits per heavy atom. The summed E-state index contributed by atoms with van der Waals surface area (Å²) in [6.07, 6.45) is -6.01. The first kappa shape index (κ1) is 19.7. The number of hydrogen-bond acceptors (Lipinski definition) is 5. The van der Waals surface area contributed by atoms with Gasteiger partial charge in [0.2, 0.25) is 5.91 Å². The maximum absolute atomic E-state index is 15.6. The molecule has 0 aliphatic carbocycles. The summed E-state index contributed by atoms with van der Waals surface area (Å²) < 4.78 is 261. The lowest BCUT2D eigenvalue weighted by molar-refractivity contribution is -0.137. The van der Waals surface area contributed by atoms with E-state index in [0.29, 0.717) is 0 Å². The molecule has 5 aromatic rings. The minimum absolute atomic E-state index is 0.00553. The van der Waals surface area contributed by atoms with Gasteiger partial charge in [-0.25, -0.2) is 8.78 Å². The molecule has 12 heteroatoms. The van der Waals surface area contributed by atoms with Gasteiger partial charge in [0, 0.05) is 64.7 Å². The molecule has 1 aliphatic rings. The molecule has 2 heterocycles. The largest absolute Gasteiger partial charge is 0.416 e. The summed E-state index contributed by atoms with van der Waals surface area (Å²) in [4.78, 5) is 31.6. The average molecular weight is 771 g/mol. The number of likely N-dealkylation sites (tertiary alicyclic amines) is 1. The highest BCUT2D eigenvalue weighted by Crippen LogP contribution is 2.32. The molecule has 0 N–H and O–H groups in total. The highest BCUT2D eigenvalue weighted by Gasteiger charge is 2.31. The third-order valence-corrected chi connectivity index (χ3v) is 8.57. The van der Waals surface area contributed by atoms with E-state index >= 15 is 9.18 Å². The van der Waals surface area contributed by atoms with Crippen LogP contribution < -0.4 is 5.43 Å². The first-order chi connectivity index (χ1) is 34.0. The number of ether oxygens (including phenoxy) is 1. The lowest BCUT2D eigenvalue weighted by Gasteiger charge is -2.39. The molecule has 53 heavy (non-hydrogen) atoms. The van der Waals surface area contributed by atoms with E-state index in [-0.39, 0.29) is 48.5 Å². The van der Waals surface area contributed by atoms with Crippen molar-refractivity contribution in [3.8, 4) is 11.1 Å². The molecule has 0 atom stereocenters. The number of rotatable bonds is 12. The van der Waals surface area contributed by atoms with Crippen molar-refractivity contribution < 1.29 is 60.3 Å². The van der Waals surface area contributed by atoms with Gasteiger partial charge in [-0.15, -0.1) is 11.8 Å². The number of benzene rings is 4. The van der Waals surface area contributed by atoms with Crippen molar-refractivity contribution in [3.05, 3.63) is 135 Å². The number of pyridine rings is 1. The molecule has 1 fully saturated rings. The van der Waals surface area contributed by atoms with Gasteiger partial charge in [-0.3, -0.25) is 9.59 Å². The Balaban J connectivity index is 1.69. The van der Waals surface area contributed by atoms with Gasteiger partial charge < -0.3 is 19.1 Å². The predicted octanol–water partition coefficient (Wildman–Crippen LogP) is 8.71. The zero-order valence-corrected chi connectivity index (χ0v) is 28.5. The van der Waals surface area contributed by atoms with E-state index < -0.39 is 206 Å². The van der Waals surface area contributed by atoms with Crippen LogP contribution in [0.25, 0.3) is 22.0 Å². The fourth-order valence-electron chi connectivity index (χ4n) is 5.13. The maximum atomic E-state index is 15.6. The van der Waals surface area contributed by atoms with Crippen molar-refractivity contribution in [1.29, 1.82) is 0 Å². The standard InChI is InChI=1S/C41H40F5N3O3S/c1-27-6-15-36-34(22-27)37(50)23-39(53-26-31-4-3-5-35(42)40(31)43)49(36)25-38(51)48(33-16-18-47(19-17-33)20-21-52-2)24-28-7-9-29(10-8-28)30-11-13-32(14-12-30)41(44,45)46/h3-15,22-23,33H,16-21,24-26H2,1-2H3/i3D,4D,5D,6D,7D,8D,9D,10D,11D,12D,13D,14D,15D,22D,23D,24D2,25D2,26D2. The first-order valence-electron chi connectivity index (χ1n) is 26.1. The van der Waals surface area contributed by atoms with E-state index in [1.165, 1.54) is 7.11 Å². The van der Waals surface area contributed by atoms with E-state index in [1.54, 1.807) is 4.90 Å². The molecule has 1 aromatic heterocycles. The fourth-order valence-corrected chi connectivity index (χ4v) is 5.84. The summed E-state index contributed by atoms with van der Waals surface area (Å²) in [6, 6.07) is -22.1. The summed E-state index contributed by atoms with van der Waals surface area (Å²) in [6.45, 7) is -6.41. The molecule has 6 nitrogen and oxygen atoms in total. The number of aromatic nitrogens is 1. The highest BCUT2D eigenvalue weighted by molar-refractivity contribution is 7.98. The number of hydrogen-bond donors (Lipinski definition) is 0. The molecule has 0 spiro atoms. The van der Waals surface area contributed by atoms with Crippen LogP contribution in [0.15, 0.2) is 100 Å². The van der Waals surface area contributed by atoms with Crippen LogP contribution in [0.4, 0.5) is 22.0 Å². The van der Waals surface area contributed by atoms with E-state index in [4.69, 9.17) is 28.0 Å². The van der Waals surface area contributed by atoms with E-state index in [9.17, 15) is 27.8 Å². The zero-order valence-electron chi connectivity index (χ0n) is 48.7. The highest BCUT2D eigenvalue weighted by atomic mass is 32.2. The second-order valence-electron chi connectivity index (χ2n) is 11.4. The number of carbonyl (C=O) groups is 1. The molecular weight excluding hydrogens is 710 g/mol. The molecule has 0 bridgehead atoms. The first-order valence-corrected chi connectivity index (χ1v) is 16.4. The number of amides is 1. The van der Waals surface area contributed by atoms with Gasteiger partial charge in [0.1, 0.15) is 6.50 Å². The van der Waals surface area contributed by atoms with Crippen LogP contribution in [-0.2, 0) is 34.4 Å². The summed E-state index contributed by atoms with van der Waals surface area (Å²) in [5, 5.41) is -2.41. The van der Waals surface area contributed by atoms with Crippen molar-refractivity contribution in [1.82, 2.24) is 14.4 Å². The third-order valence-electron chi connectivity index (χ3n) is 7.79. The van der Waals surface area contributed by atoms with E-state index in [0.717, 1.165) is 6.92 Å². The number of nitrogens with zero attached hydrogens (tertiary/aromatic N) is 3. The lowest BCUT2D eigenvalue weighted by Crippen LogP contribution is -2.48. The Morgan fingerprint density at radius 1 is 0.981 bits per heavy atom. The quantitative estimate of drug-likeness (QED) is 0.0940. The average Bonchev–Trinajstić information content (AvgIpc) is 3.31. The number of alkyl halides is 3. The van der Waals surface area contributed by atoms with Gasteiger partial charge in [-0.2, -0.15) is 13.2 Å². The SMILES string of the molecule is [2H]c1c([2H])c(F)c(F)c(C([2H])([2H])Sc2c([2H])c(=O)c3c([2H])c(C)c([2H])c([2H])c3n2C([2H])([2H])C(=O)N(C2CCN(CCOC)CC2)C([2H])([2H])c2c([2H])c([2H])c(-c3c([2H])c([2H])c(C(F)(F)F)c([2H])c3[2H])c([2H])c2[2H])c1[2H]. The Labute approximate surface area is 338 Å². The van der Waals surface area contributed by atoms with Gasteiger partial charge in [0.15, 0.2) is 17.1 Å². The van der Waals surface area contributed by atoms with Gasteiger partial charge in [-0.1, -0.05) is 59.9 Å². The van der Waals surface area contributed by atoms with Crippen LogP contribution in [0, 0.1) is 18.6 Å². The molecule has 0 unspecified atom stereocenters. The number of fused-ring (bicyclic) bond motifs is 1. The van der Waals surface area contributed by atoms with Crippen molar-refractivity contribution in [2.45, 2.75) is 55.7 Å². The minimum Gasteiger partial charge on any atom is -0.383 e. The van der Waals surface area contributed by atoms with Crippen molar-refractivity contribution in [2.24, 2.45) is 0 Å². The normalized spacial score (nSPS) is 20.6. The molecule has 6 rings (SSSR count). The molecule has 1 amide bonds. The van der Waals surface area contributed by atoms with Crippen LogP contribution in [-0.4, -0.2) is 59.7 Å². The smallest absolute Gasteiger partial charge is 0.383 e. The summed E-state index contributed by atoms with van der Waals surface area (Å²) in [5.74, 6) is -6.43. The molecule has 278 valence electrons. The number of halogens is 5. The zero-order chi connectivity index (χ0) is 56.1. The van der Waals surface area contributed by atoms with Gasteiger partial charge in [0.05, 0.1) is 48.8 Å². The Morgan fingerprint density at radius 3 is 2.32 bits per heavy atom. The van der Waals surface area contributed by atoms with Gasteiger partial charge in [-0.05, 0) is 66.7 Å². The predicted molar refractivity (Wildman–Crippen MR) is 198 cm³/mol. The minimum atomic E-state index is -5.44. The summed E-state index contributed by atoms with van der Waals surface area (Å²) >= 11 is -0.545. The molecule has 1 saturated heterocycles. The molecule has 4 aromatic carbocycles. The third kappa shape index (κ3) is 9.17. The van der Waals surface area contributed by atoms with Crippen LogP contribution in [0.5, 0.6) is 0 Å². The maximum Gasteiger partial charge on any atom is 0.416 e. The van der Waals surface area contributed by atoms with Crippen LogP contribution in [0.2, 0.25) is 0 Å². The fraction of sp³-hybridized carbons (Fsp3) is 0.317. The second kappa shape index (κ2) is 16.7. The Kier molecular flexibility index (Phi) is 6.19. The van der Waals surface area contributed by atoms with Crippen LogP contribution >= 0.6 is 11.8 Å². The number of thioether (sulfide) groups is 1. The van der Waals surface area contributed by atoms with Crippen molar-refractivity contribution in [2.75, 3.05) is 33.4 Å². The monoisotopic (exact) mass is 770 g/mol. The van der Waals surface area contributed by atoms with E-state index in [1.807, 2.05) is 0 Å². The Bertz CT molecular complexity index is 3160. The van der Waals surface area contributed by atoms with Gasteiger partial charge >= 0.3 is 6.18 Å². The summed E-state index contributed by atoms with van der Waals surface area (Å²) in [7, 11) is 1.40. The van der Waals surface area contributed by atoms with Crippen LogP contribution in [0.1, 0.15) is 63.9 Å². The van der Waals surface area contributed by atoms with Crippen LogP contribution in [0.3, 0.4) is 0 Å². The number of methoxy groups -OCH3 is 1. The topological polar surface area (TPSA) is 54.8 Å². The number of carbonyl (C=O) groups excluding carboxylic acids is 1. The molecule has 0 saturated carbocycles. The van der Waals surface area contributed by atoms with Crippen molar-refractivity contribution >= 4 is 28.6 Å². The van der Waals surface area contributed by atoms with E-state index in [2.05, 4.69) is 0 Å². The number of piperidine rings is 1. The molecule has 0 radical (unpaired) electrons.